The van der Waals surface area contributed by atoms with Gasteiger partial charge in [-0.25, -0.2) is 0 Å². The van der Waals surface area contributed by atoms with Gasteiger partial charge in [0.25, 0.3) is 0 Å². The Morgan fingerprint density at radius 2 is 2.13 bits per heavy atom. The fraction of sp³-hybridized carbons (Fsp3) is 0.500. The van der Waals surface area contributed by atoms with Gasteiger partial charge in [0.05, 0.1) is 19.3 Å². The Morgan fingerprint density at radius 3 is 2.80 bits per heavy atom. The van der Waals surface area contributed by atoms with E-state index >= 15 is 0 Å². The predicted molar refractivity (Wildman–Crippen MR) is 59.5 cm³/mol. The standard InChI is InChI=1S/C12H17NO2/c13-11-5-3-10(4-6-11)8-15-12-2-1-7-14-9-12/h3-6,12H,1-2,7-9,13H2. The molecule has 1 fully saturated rings. The summed E-state index contributed by atoms with van der Waals surface area (Å²) in [4.78, 5) is 0. The van der Waals surface area contributed by atoms with Crippen LogP contribution in [0.2, 0.25) is 0 Å². The molecule has 3 nitrogen and oxygen atoms in total. The van der Waals surface area contributed by atoms with Gasteiger partial charge in [0.15, 0.2) is 0 Å². The van der Waals surface area contributed by atoms with Crippen LogP contribution in [-0.2, 0) is 16.1 Å². The Morgan fingerprint density at radius 1 is 1.33 bits per heavy atom. The topological polar surface area (TPSA) is 44.5 Å². The highest BCUT2D eigenvalue weighted by Crippen LogP contribution is 2.13. The monoisotopic (exact) mass is 207 g/mol. The van der Waals surface area contributed by atoms with Crippen LogP contribution in [0.3, 0.4) is 0 Å². The SMILES string of the molecule is Nc1ccc(COC2CCCOC2)cc1. The van der Waals surface area contributed by atoms with Crippen molar-refractivity contribution in [2.75, 3.05) is 18.9 Å². The smallest absolute Gasteiger partial charge is 0.0813 e. The Bertz CT molecular complexity index is 291. The quantitative estimate of drug-likeness (QED) is 0.771. The van der Waals surface area contributed by atoms with Gasteiger partial charge in [0.1, 0.15) is 0 Å². The Hall–Kier alpha value is -1.06. The first-order valence-corrected chi connectivity index (χ1v) is 5.38. The summed E-state index contributed by atoms with van der Waals surface area (Å²) in [5.74, 6) is 0. The maximum absolute atomic E-state index is 5.74. The normalized spacial score (nSPS) is 21.5. The summed E-state index contributed by atoms with van der Waals surface area (Å²) < 4.78 is 11.1. The highest BCUT2D eigenvalue weighted by molar-refractivity contribution is 5.39. The zero-order valence-corrected chi connectivity index (χ0v) is 8.82. The molecule has 0 aliphatic carbocycles. The number of benzene rings is 1. The maximum Gasteiger partial charge on any atom is 0.0813 e. The molecule has 1 aromatic rings. The summed E-state index contributed by atoms with van der Waals surface area (Å²) in [7, 11) is 0. The van der Waals surface area contributed by atoms with E-state index in [9.17, 15) is 0 Å². The van der Waals surface area contributed by atoms with Gasteiger partial charge in [-0.05, 0) is 30.5 Å². The molecule has 2 N–H and O–H groups in total. The average molecular weight is 207 g/mol. The molecule has 15 heavy (non-hydrogen) atoms. The highest BCUT2D eigenvalue weighted by atomic mass is 16.5. The van der Waals surface area contributed by atoms with Gasteiger partial charge in [-0.2, -0.15) is 0 Å². The molecule has 3 heteroatoms. The van der Waals surface area contributed by atoms with Gasteiger partial charge < -0.3 is 15.2 Å². The first-order chi connectivity index (χ1) is 7.34. The van der Waals surface area contributed by atoms with Gasteiger partial charge in [0.2, 0.25) is 0 Å². The van der Waals surface area contributed by atoms with Crippen molar-refractivity contribution >= 4 is 5.69 Å². The Balaban J connectivity index is 1.79. The molecule has 0 radical (unpaired) electrons. The van der Waals surface area contributed by atoms with Crippen LogP contribution in [0.5, 0.6) is 0 Å². The third kappa shape index (κ3) is 3.22. The van der Waals surface area contributed by atoms with E-state index in [-0.39, 0.29) is 6.10 Å². The second-order valence-corrected chi connectivity index (χ2v) is 3.89. The van der Waals surface area contributed by atoms with Gasteiger partial charge in [-0.15, -0.1) is 0 Å². The molecule has 1 heterocycles. The van der Waals surface area contributed by atoms with Crippen molar-refractivity contribution in [2.24, 2.45) is 0 Å². The number of hydrogen-bond acceptors (Lipinski definition) is 3. The van der Waals surface area contributed by atoms with Gasteiger partial charge in [0, 0.05) is 12.3 Å². The lowest BCUT2D eigenvalue weighted by molar-refractivity contribution is -0.0568. The largest absolute Gasteiger partial charge is 0.399 e. The molecule has 82 valence electrons. The van der Waals surface area contributed by atoms with Crippen LogP contribution in [-0.4, -0.2) is 19.3 Å². The van der Waals surface area contributed by atoms with E-state index in [2.05, 4.69) is 0 Å². The lowest BCUT2D eigenvalue weighted by Crippen LogP contribution is -2.25. The molecule has 2 rings (SSSR count). The molecule has 1 saturated heterocycles. The van der Waals surface area contributed by atoms with Crippen LogP contribution in [0.25, 0.3) is 0 Å². The number of hydrogen-bond donors (Lipinski definition) is 1. The lowest BCUT2D eigenvalue weighted by Gasteiger charge is -2.22. The van der Waals surface area contributed by atoms with E-state index < -0.39 is 0 Å². The predicted octanol–water partition coefficient (Wildman–Crippen LogP) is 1.96. The van der Waals surface area contributed by atoms with Gasteiger partial charge in [-0.1, -0.05) is 12.1 Å². The van der Waals surface area contributed by atoms with E-state index in [1.807, 2.05) is 24.3 Å². The second kappa shape index (κ2) is 5.14. The van der Waals surface area contributed by atoms with Crippen LogP contribution in [0, 0.1) is 0 Å². The van der Waals surface area contributed by atoms with Crippen LogP contribution in [0.4, 0.5) is 5.69 Å². The number of rotatable bonds is 3. The Kier molecular flexibility index (Phi) is 3.59. The van der Waals surface area contributed by atoms with Crippen LogP contribution >= 0.6 is 0 Å². The number of ether oxygens (including phenoxy) is 2. The molecule has 0 amide bonds. The van der Waals surface area contributed by atoms with E-state index in [0.29, 0.717) is 6.61 Å². The Labute approximate surface area is 90.2 Å². The summed E-state index contributed by atoms with van der Waals surface area (Å²) in [6, 6.07) is 7.80. The summed E-state index contributed by atoms with van der Waals surface area (Å²) in [5.41, 5.74) is 7.56. The van der Waals surface area contributed by atoms with Crippen molar-refractivity contribution in [3.8, 4) is 0 Å². The van der Waals surface area contributed by atoms with Crippen molar-refractivity contribution < 1.29 is 9.47 Å². The molecule has 1 aromatic carbocycles. The van der Waals surface area contributed by atoms with Gasteiger partial charge >= 0.3 is 0 Å². The molecule has 1 atom stereocenters. The molecule has 0 spiro atoms. The third-order valence-electron chi connectivity index (χ3n) is 2.58. The van der Waals surface area contributed by atoms with Crippen molar-refractivity contribution in [2.45, 2.75) is 25.6 Å². The second-order valence-electron chi connectivity index (χ2n) is 3.89. The van der Waals surface area contributed by atoms with E-state index in [1.54, 1.807) is 0 Å². The van der Waals surface area contributed by atoms with E-state index in [1.165, 1.54) is 0 Å². The van der Waals surface area contributed by atoms with Crippen LogP contribution < -0.4 is 5.73 Å². The fourth-order valence-corrected chi connectivity index (χ4v) is 1.67. The molecule has 1 unspecified atom stereocenters. The first kappa shape index (κ1) is 10.5. The summed E-state index contributed by atoms with van der Waals surface area (Å²) in [6.45, 7) is 2.25. The first-order valence-electron chi connectivity index (χ1n) is 5.38. The van der Waals surface area contributed by atoms with Crippen molar-refractivity contribution in [3.63, 3.8) is 0 Å². The molecule has 1 aliphatic heterocycles. The third-order valence-corrected chi connectivity index (χ3v) is 2.58. The minimum Gasteiger partial charge on any atom is -0.399 e. The average Bonchev–Trinajstić information content (AvgIpc) is 2.30. The van der Waals surface area contributed by atoms with Crippen molar-refractivity contribution in [3.05, 3.63) is 29.8 Å². The van der Waals surface area contributed by atoms with Gasteiger partial charge in [-0.3, -0.25) is 0 Å². The van der Waals surface area contributed by atoms with E-state index in [4.69, 9.17) is 15.2 Å². The zero-order chi connectivity index (χ0) is 10.5. The molecule has 0 bridgehead atoms. The summed E-state index contributed by atoms with van der Waals surface area (Å²) in [5, 5.41) is 0. The number of nitrogens with two attached hydrogens (primary N) is 1. The van der Waals surface area contributed by atoms with Crippen molar-refractivity contribution in [1.82, 2.24) is 0 Å². The number of nitrogen functional groups attached to an aromatic ring is 1. The zero-order valence-electron chi connectivity index (χ0n) is 8.82. The summed E-state index contributed by atoms with van der Waals surface area (Å²) >= 11 is 0. The minimum absolute atomic E-state index is 0.260. The molecular weight excluding hydrogens is 190 g/mol. The minimum atomic E-state index is 0.260. The highest BCUT2D eigenvalue weighted by Gasteiger charge is 2.13. The fourth-order valence-electron chi connectivity index (χ4n) is 1.67. The van der Waals surface area contributed by atoms with Crippen LogP contribution in [0.15, 0.2) is 24.3 Å². The summed E-state index contributed by atoms with van der Waals surface area (Å²) in [6.07, 6.45) is 2.47. The molecular formula is C12H17NO2. The van der Waals surface area contributed by atoms with Crippen molar-refractivity contribution in [1.29, 1.82) is 0 Å². The molecule has 0 aromatic heterocycles. The number of anilines is 1. The lowest BCUT2D eigenvalue weighted by atomic mass is 10.1. The van der Waals surface area contributed by atoms with Crippen LogP contribution in [0.1, 0.15) is 18.4 Å². The molecule has 1 aliphatic rings. The maximum atomic E-state index is 5.74. The van der Waals surface area contributed by atoms with E-state index in [0.717, 1.165) is 37.3 Å². The molecule has 0 saturated carbocycles.